The summed E-state index contributed by atoms with van der Waals surface area (Å²) in [5, 5.41) is 22.2. The largest absolute Gasteiger partial charge is 0.390 e. The van der Waals surface area contributed by atoms with Gasteiger partial charge in [-0.2, -0.15) is 0 Å². The number of hydrogen-bond acceptors (Lipinski definition) is 3. The molecule has 10 atom stereocenters. The van der Waals surface area contributed by atoms with Crippen LogP contribution in [-0.4, -0.2) is 28.5 Å². The average Bonchev–Trinajstić information content (AvgIpc) is 2.91. The first-order chi connectivity index (χ1) is 11.8. The molecule has 0 aromatic rings. The quantitative estimate of drug-likeness (QED) is 0.591. The second-order valence-corrected chi connectivity index (χ2v) is 9.99. The Morgan fingerprint density at radius 1 is 0.880 bits per heavy atom. The molecule has 0 spiro atoms. The minimum atomic E-state index is -0.615. The Kier molecular flexibility index (Phi) is 4.26. The Bertz CT molecular complexity index is 595. The van der Waals surface area contributed by atoms with E-state index in [0.717, 1.165) is 32.1 Å². The average molecular weight is 346 g/mol. The van der Waals surface area contributed by atoms with E-state index in [1.807, 2.05) is 6.92 Å². The van der Waals surface area contributed by atoms with Crippen molar-refractivity contribution in [1.82, 2.24) is 0 Å². The number of aliphatic hydroxyl groups excluding tert-OH is 2. The standard InChI is InChI=1S/C22H35NO2/c1-4-5-13-6-7-15-18-16(9-11-21(13,15)2)22(3)10-8-14(23)12-17(22)19(24)20(18)25/h13-20,24-25H,6-12,23H2,1-3H3/t13-,14-,15?,16?,17?,18?,19+,20+,21+,22+/m0/s1. The minimum absolute atomic E-state index is 0.134. The van der Waals surface area contributed by atoms with Crippen molar-refractivity contribution in [2.24, 2.45) is 46.2 Å². The summed E-state index contributed by atoms with van der Waals surface area (Å²) in [6.07, 6.45) is 6.52. The maximum Gasteiger partial charge on any atom is 0.0836 e. The Morgan fingerprint density at radius 2 is 1.56 bits per heavy atom. The summed E-state index contributed by atoms with van der Waals surface area (Å²) in [7, 11) is 0. The first-order valence-corrected chi connectivity index (χ1v) is 10.4. The fourth-order valence-electron chi connectivity index (χ4n) is 7.70. The fraction of sp³-hybridized carbons (Fsp3) is 0.909. The molecule has 4 aliphatic carbocycles. The molecule has 0 heterocycles. The summed E-state index contributed by atoms with van der Waals surface area (Å²) in [5.74, 6) is 8.47. The van der Waals surface area contributed by atoms with E-state index in [-0.39, 0.29) is 28.7 Å². The highest BCUT2D eigenvalue weighted by Crippen LogP contribution is 2.67. The van der Waals surface area contributed by atoms with Crippen LogP contribution in [0.1, 0.15) is 65.7 Å². The summed E-state index contributed by atoms with van der Waals surface area (Å²) >= 11 is 0. The topological polar surface area (TPSA) is 66.5 Å². The lowest BCUT2D eigenvalue weighted by atomic mass is 9.43. The zero-order valence-electron chi connectivity index (χ0n) is 16.0. The molecule has 4 saturated carbocycles. The number of hydrogen-bond donors (Lipinski definition) is 3. The van der Waals surface area contributed by atoms with Crippen LogP contribution in [0.25, 0.3) is 0 Å². The summed E-state index contributed by atoms with van der Waals surface area (Å²) in [4.78, 5) is 0. The monoisotopic (exact) mass is 345 g/mol. The molecule has 0 aromatic heterocycles. The second kappa shape index (κ2) is 5.98. The van der Waals surface area contributed by atoms with Crippen molar-refractivity contribution in [1.29, 1.82) is 0 Å². The van der Waals surface area contributed by atoms with Crippen LogP contribution in [-0.2, 0) is 0 Å². The summed E-state index contributed by atoms with van der Waals surface area (Å²) in [5.41, 5.74) is 6.57. The molecule has 0 saturated heterocycles. The predicted molar refractivity (Wildman–Crippen MR) is 99.4 cm³/mol. The van der Waals surface area contributed by atoms with Gasteiger partial charge in [-0.15, -0.1) is 5.92 Å². The van der Waals surface area contributed by atoms with Gasteiger partial charge in [-0.1, -0.05) is 19.8 Å². The Hall–Kier alpha value is -0.560. The van der Waals surface area contributed by atoms with Crippen molar-refractivity contribution in [3.63, 3.8) is 0 Å². The SMILES string of the molecule is CC#C[C@H]1CCC2C3C(CC[C@@]21C)[C@@]1(C)CC[C@H](N)CC1[C@@H](O)[C@@H]3O. The van der Waals surface area contributed by atoms with Gasteiger partial charge in [-0.05, 0) is 86.4 Å². The van der Waals surface area contributed by atoms with Crippen molar-refractivity contribution in [2.45, 2.75) is 84.0 Å². The molecule has 4 fully saturated rings. The van der Waals surface area contributed by atoms with Gasteiger partial charge in [0, 0.05) is 12.0 Å². The first-order valence-electron chi connectivity index (χ1n) is 10.4. The first kappa shape index (κ1) is 17.8. The highest BCUT2D eigenvalue weighted by Gasteiger charge is 2.64. The zero-order chi connectivity index (χ0) is 18.0. The Morgan fingerprint density at radius 3 is 2.28 bits per heavy atom. The molecule has 4 rings (SSSR count). The maximum absolute atomic E-state index is 11.2. The van der Waals surface area contributed by atoms with Crippen LogP contribution in [0.3, 0.4) is 0 Å². The van der Waals surface area contributed by atoms with Crippen molar-refractivity contribution in [3.8, 4) is 11.8 Å². The van der Waals surface area contributed by atoms with E-state index in [1.165, 1.54) is 12.8 Å². The normalized spacial score (nSPS) is 57.7. The summed E-state index contributed by atoms with van der Waals surface area (Å²) in [6, 6.07) is 0.182. The molecule has 0 bridgehead atoms. The molecule has 4 N–H and O–H groups in total. The smallest absolute Gasteiger partial charge is 0.0836 e. The molecule has 0 radical (unpaired) electrons. The van der Waals surface area contributed by atoms with Gasteiger partial charge in [0.05, 0.1) is 12.2 Å². The van der Waals surface area contributed by atoms with Crippen LogP contribution in [0, 0.1) is 52.3 Å². The summed E-state index contributed by atoms with van der Waals surface area (Å²) in [6.45, 7) is 6.73. The van der Waals surface area contributed by atoms with Gasteiger partial charge < -0.3 is 15.9 Å². The molecule has 3 heteroatoms. The van der Waals surface area contributed by atoms with Gasteiger partial charge in [0.25, 0.3) is 0 Å². The molecule has 140 valence electrons. The molecule has 0 amide bonds. The molecule has 0 aromatic carbocycles. The van der Waals surface area contributed by atoms with Crippen molar-refractivity contribution in [2.75, 3.05) is 0 Å². The van der Waals surface area contributed by atoms with Gasteiger partial charge in [0.15, 0.2) is 0 Å². The van der Waals surface area contributed by atoms with Crippen molar-refractivity contribution in [3.05, 3.63) is 0 Å². The van der Waals surface area contributed by atoms with Crippen LogP contribution in [0.2, 0.25) is 0 Å². The van der Waals surface area contributed by atoms with E-state index in [0.29, 0.717) is 17.8 Å². The number of fused-ring (bicyclic) bond motifs is 5. The molecule has 0 aliphatic heterocycles. The fourth-order valence-corrected chi connectivity index (χ4v) is 7.70. The van der Waals surface area contributed by atoms with Crippen LogP contribution < -0.4 is 5.73 Å². The minimum Gasteiger partial charge on any atom is -0.390 e. The Labute approximate surface area is 152 Å². The van der Waals surface area contributed by atoms with E-state index in [9.17, 15) is 10.2 Å². The number of rotatable bonds is 0. The molecule has 4 unspecified atom stereocenters. The molecule has 4 aliphatic rings. The lowest BCUT2D eigenvalue weighted by Crippen LogP contribution is -2.64. The van der Waals surface area contributed by atoms with Gasteiger partial charge in [-0.3, -0.25) is 0 Å². The highest BCUT2D eigenvalue weighted by atomic mass is 16.3. The van der Waals surface area contributed by atoms with Crippen molar-refractivity contribution >= 4 is 0 Å². The van der Waals surface area contributed by atoms with Gasteiger partial charge in [0.2, 0.25) is 0 Å². The maximum atomic E-state index is 11.2. The van der Waals surface area contributed by atoms with E-state index in [2.05, 4.69) is 25.7 Å². The third kappa shape index (κ3) is 2.37. The zero-order valence-corrected chi connectivity index (χ0v) is 16.0. The lowest BCUT2D eigenvalue weighted by molar-refractivity contribution is -0.214. The summed E-state index contributed by atoms with van der Waals surface area (Å²) < 4.78 is 0. The van der Waals surface area contributed by atoms with E-state index in [4.69, 9.17) is 5.73 Å². The van der Waals surface area contributed by atoms with E-state index >= 15 is 0 Å². The molecular formula is C22H35NO2. The predicted octanol–water partition coefficient (Wildman–Crippen LogP) is 2.94. The third-order valence-corrected chi connectivity index (χ3v) is 9.11. The van der Waals surface area contributed by atoms with Crippen LogP contribution in [0.4, 0.5) is 0 Å². The highest BCUT2D eigenvalue weighted by molar-refractivity contribution is 5.18. The van der Waals surface area contributed by atoms with Crippen LogP contribution in [0.5, 0.6) is 0 Å². The number of aliphatic hydroxyl groups is 2. The third-order valence-electron chi connectivity index (χ3n) is 9.11. The van der Waals surface area contributed by atoms with E-state index in [1.54, 1.807) is 0 Å². The van der Waals surface area contributed by atoms with Gasteiger partial charge in [0.1, 0.15) is 0 Å². The molecular weight excluding hydrogens is 310 g/mol. The van der Waals surface area contributed by atoms with Gasteiger partial charge >= 0.3 is 0 Å². The lowest BCUT2D eigenvalue weighted by Gasteiger charge is -2.63. The number of nitrogens with two attached hydrogens (primary N) is 1. The van der Waals surface area contributed by atoms with E-state index < -0.39 is 12.2 Å². The Balaban J connectivity index is 1.70. The second-order valence-electron chi connectivity index (χ2n) is 9.99. The van der Waals surface area contributed by atoms with Gasteiger partial charge in [-0.25, -0.2) is 0 Å². The molecule has 25 heavy (non-hydrogen) atoms. The van der Waals surface area contributed by atoms with Crippen molar-refractivity contribution < 1.29 is 10.2 Å². The molecule has 3 nitrogen and oxygen atoms in total. The van der Waals surface area contributed by atoms with Crippen LogP contribution in [0.15, 0.2) is 0 Å². The van der Waals surface area contributed by atoms with Crippen LogP contribution >= 0.6 is 0 Å².